The molecule has 1 atom stereocenters. The van der Waals surface area contributed by atoms with Crippen LogP contribution in [-0.2, 0) is 17.6 Å². The predicted molar refractivity (Wildman–Crippen MR) is 113 cm³/mol. The number of fused-ring (bicyclic) bond motifs is 2. The van der Waals surface area contributed by atoms with Gasteiger partial charge in [-0.3, -0.25) is 14.7 Å². The number of aryl methyl sites for hydroxylation is 1. The molecule has 3 aromatic rings. The summed E-state index contributed by atoms with van der Waals surface area (Å²) in [4.78, 5) is 25.7. The van der Waals surface area contributed by atoms with E-state index in [1.807, 2.05) is 42.5 Å². The van der Waals surface area contributed by atoms with Gasteiger partial charge in [0.1, 0.15) is 13.2 Å². The summed E-state index contributed by atoms with van der Waals surface area (Å²) in [5.74, 6) is 1.17. The molecule has 0 radical (unpaired) electrons. The van der Waals surface area contributed by atoms with Crippen LogP contribution in [0.2, 0.25) is 0 Å². The third-order valence-electron chi connectivity index (χ3n) is 5.75. The van der Waals surface area contributed by atoms with Gasteiger partial charge >= 0.3 is 0 Å². The van der Waals surface area contributed by atoms with Crippen molar-refractivity contribution in [3.05, 3.63) is 70.1 Å². The third-order valence-corrected chi connectivity index (χ3v) is 5.75. The fourth-order valence-corrected chi connectivity index (χ4v) is 4.15. The SMILES string of the molecule is O=C(Nc1ccc2c(c1)OCCO2)C1CCc2[nH]n(-c3ccccc3)c(=O)c2CC1. The first-order valence-electron chi connectivity index (χ1n) is 10.3. The van der Waals surface area contributed by atoms with Gasteiger partial charge in [-0.2, -0.15) is 0 Å². The molecule has 0 bridgehead atoms. The number of para-hydroxylation sites is 1. The van der Waals surface area contributed by atoms with Crippen LogP contribution in [0, 0.1) is 5.92 Å². The summed E-state index contributed by atoms with van der Waals surface area (Å²) < 4.78 is 12.7. The summed E-state index contributed by atoms with van der Waals surface area (Å²) in [6.45, 7) is 1.04. The van der Waals surface area contributed by atoms with Crippen LogP contribution in [0.3, 0.4) is 0 Å². The molecule has 2 aliphatic rings. The second kappa shape index (κ2) is 7.74. The van der Waals surface area contributed by atoms with Gasteiger partial charge in [0.25, 0.3) is 5.56 Å². The van der Waals surface area contributed by atoms with Crippen molar-refractivity contribution in [2.24, 2.45) is 5.92 Å². The maximum atomic E-state index is 12.9. The van der Waals surface area contributed by atoms with Crippen LogP contribution in [0.1, 0.15) is 24.1 Å². The molecule has 0 saturated carbocycles. The molecule has 30 heavy (non-hydrogen) atoms. The van der Waals surface area contributed by atoms with E-state index in [9.17, 15) is 9.59 Å². The summed E-state index contributed by atoms with van der Waals surface area (Å²) in [5.41, 5.74) is 3.21. The van der Waals surface area contributed by atoms with Gasteiger partial charge in [0.05, 0.1) is 5.69 Å². The number of benzene rings is 2. The molecule has 2 heterocycles. The van der Waals surface area contributed by atoms with E-state index in [2.05, 4.69) is 10.4 Å². The van der Waals surface area contributed by atoms with E-state index < -0.39 is 0 Å². The molecule has 0 spiro atoms. The standard InChI is InChI=1S/C23H23N3O4/c27-22(24-16-8-11-20-21(14-16)30-13-12-29-20)15-6-9-18-19(10-7-15)25-26(23(18)28)17-4-2-1-3-5-17/h1-5,8,11,14-15,25H,6-7,9-10,12-13H2,(H,24,27). The highest BCUT2D eigenvalue weighted by Crippen LogP contribution is 2.33. The lowest BCUT2D eigenvalue weighted by atomic mass is 9.98. The van der Waals surface area contributed by atoms with Crippen molar-refractivity contribution in [1.29, 1.82) is 0 Å². The first-order valence-corrected chi connectivity index (χ1v) is 10.3. The smallest absolute Gasteiger partial charge is 0.274 e. The van der Waals surface area contributed by atoms with Crippen molar-refractivity contribution < 1.29 is 14.3 Å². The van der Waals surface area contributed by atoms with Crippen molar-refractivity contribution in [3.63, 3.8) is 0 Å². The van der Waals surface area contributed by atoms with Crippen LogP contribution < -0.4 is 20.3 Å². The average molecular weight is 405 g/mol. The topological polar surface area (TPSA) is 85.3 Å². The van der Waals surface area contributed by atoms with E-state index >= 15 is 0 Å². The zero-order valence-corrected chi connectivity index (χ0v) is 16.5. The Balaban J connectivity index is 1.29. The number of anilines is 1. The van der Waals surface area contributed by atoms with E-state index in [-0.39, 0.29) is 17.4 Å². The Kier molecular flexibility index (Phi) is 4.78. The second-order valence-electron chi connectivity index (χ2n) is 7.67. The lowest BCUT2D eigenvalue weighted by molar-refractivity contribution is -0.120. The van der Waals surface area contributed by atoms with Crippen LogP contribution in [-0.4, -0.2) is 28.9 Å². The van der Waals surface area contributed by atoms with Crippen LogP contribution in [0.15, 0.2) is 53.3 Å². The number of hydrogen-bond donors (Lipinski definition) is 2. The molecule has 1 amide bonds. The van der Waals surface area contributed by atoms with Crippen LogP contribution in [0.25, 0.3) is 5.69 Å². The molecular weight excluding hydrogens is 382 g/mol. The summed E-state index contributed by atoms with van der Waals surface area (Å²) in [6.07, 6.45) is 2.59. The molecule has 2 aromatic carbocycles. The Morgan fingerprint density at radius 3 is 2.60 bits per heavy atom. The van der Waals surface area contributed by atoms with E-state index in [0.717, 1.165) is 16.9 Å². The average Bonchev–Trinajstić information content (AvgIpc) is 2.95. The van der Waals surface area contributed by atoms with Gasteiger partial charge in [0.2, 0.25) is 5.91 Å². The number of carbonyl (C=O) groups excluding carboxylic acids is 1. The number of hydrogen-bond acceptors (Lipinski definition) is 4. The fourth-order valence-electron chi connectivity index (χ4n) is 4.15. The molecule has 5 rings (SSSR count). The Hall–Kier alpha value is -3.48. The monoisotopic (exact) mass is 405 g/mol. The lowest BCUT2D eigenvalue weighted by Crippen LogP contribution is -2.24. The van der Waals surface area contributed by atoms with Crippen LogP contribution >= 0.6 is 0 Å². The van der Waals surface area contributed by atoms with Gasteiger partial charge in [0.15, 0.2) is 11.5 Å². The number of amides is 1. The maximum absolute atomic E-state index is 12.9. The molecule has 1 aliphatic heterocycles. The van der Waals surface area contributed by atoms with Crippen molar-refractivity contribution >= 4 is 11.6 Å². The van der Waals surface area contributed by atoms with E-state index in [4.69, 9.17) is 9.47 Å². The van der Waals surface area contributed by atoms with Gasteiger partial charge in [-0.25, -0.2) is 4.68 Å². The van der Waals surface area contributed by atoms with Crippen molar-refractivity contribution in [2.75, 3.05) is 18.5 Å². The lowest BCUT2D eigenvalue weighted by Gasteiger charge is -2.20. The molecule has 7 heteroatoms. The molecule has 0 saturated heterocycles. The van der Waals surface area contributed by atoms with E-state index in [1.54, 1.807) is 10.7 Å². The van der Waals surface area contributed by atoms with Gasteiger partial charge in [-0.05, 0) is 49.9 Å². The zero-order valence-electron chi connectivity index (χ0n) is 16.5. The Morgan fingerprint density at radius 2 is 1.77 bits per heavy atom. The van der Waals surface area contributed by atoms with Gasteiger partial charge < -0.3 is 14.8 Å². The Labute approximate surface area is 173 Å². The summed E-state index contributed by atoms with van der Waals surface area (Å²) >= 11 is 0. The first-order chi connectivity index (χ1) is 14.7. The Bertz CT molecular complexity index is 1130. The molecule has 0 fully saturated rings. The van der Waals surface area contributed by atoms with Gasteiger partial charge in [0, 0.05) is 28.9 Å². The molecule has 154 valence electrons. The second-order valence-corrected chi connectivity index (χ2v) is 7.67. The number of aromatic nitrogens is 2. The highest BCUT2D eigenvalue weighted by molar-refractivity contribution is 5.93. The van der Waals surface area contributed by atoms with Crippen molar-refractivity contribution in [1.82, 2.24) is 9.78 Å². The number of H-pyrrole nitrogens is 1. The molecule has 1 unspecified atom stereocenters. The van der Waals surface area contributed by atoms with Crippen molar-refractivity contribution in [3.8, 4) is 17.2 Å². The zero-order chi connectivity index (χ0) is 20.5. The summed E-state index contributed by atoms with van der Waals surface area (Å²) in [7, 11) is 0. The summed E-state index contributed by atoms with van der Waals surface area (Å²) in [6, 6.07) is 15.0. The van der Waals surface area contributed by atoms with Crippen LogP contribution in [0.4, 0.5) is 5.69 Å². The quantitative estimate of drug-likeness (QED) is 0.656. The highest BCUT2D eigenvalue weighted by atomic mass is 16.6. The third kappa shape index (κ3) is 3.47. The summed E-state index contributed by atoms with van der Waals surface area (Å²) in [5, 5.41) is 6.24. The van der Waals surface area contributed by atoms with E-state index in [1.165, 1.54) is 0 Å². The number of ether oxygens (including phenoxy) is 2. The number of rotatable bonds is 3. The van der Waals surface area contributed by atoms with Gasteiger partial charge in [-0.1, -0.05) is 18.2 Å². The minimum atomic E-state index is -0.149. The number of nitrogens with zero attached hydrogens (tertiary/aromatic N) is 1. The first kappa shape index (κ1) is 18.5. The number of nitrogens with one attached hydrogen (secondary N) is 2. The van der Waals surface area contributed by atoms with Crippen molar-refractivity contribution in [2.45, 2.75) is 25.7 Å². The number of carbonyl (C=O) groups is 1. The number of aromatic amines is 1. The normalized spacial score (nSPS) is 17.7. The molecule has 7 nitrogen and oxygen atoms in total. The van der Waals surface area contributed by atoms with E-state index in [0.29, 0.717) is 56.1 Å². The van der Waals surface area contributed by atoms with Crippen LogP contribution in [0.5, 0.6) is 11.5 Å². The maximum Gasteiger partial charge on any atom is 0.274 e. The minimum Gasteiger partial charge on any atom is -0.486 e. The molecule has 1 aromatic heterocycles. The predicted octanol–water partition coefficient (Wildman–Crippen LogP) is 3.07. The molecule has 1 aliphatic carbocycles. The minimum absolute atomic E-state index is 0.0240. The fraction of sp³-hybridized carbons (Fsp3) is 0.304. The molecule has 2 N–H and O–H groups in total. The molecular formula is C23H23N3O4. The largest absolute Gasteiger partial charge is 0.486 e. The Morgan fingerprint density at radius 1 is 1.00 bits per heavy atom. The highest BCUT2D eigenvalue weighted by Gasteiger charge is 2.26. The van der Waals surface area contributed by atoms with Gasteiger partial charge in [-0.15, -0.1) is 0 Å².